The molecule has 0 radical (unpaired) electrons. The summed E-state index contributed by atoms with van der Waals surface area (Å²) < 4.78 is 1.04. The third-order valence-corrected chi connectivity index (χ3v) is 4.90. The zero-order chi connectivity index (χ0) is 17.8. The minimum Gasteiger partial charge on any atom is -0.376 e. The van der Waals surface area contributed by atoms with Crippen molar-refractivity contribution in [3.05, 3.63) is 64.5 Å². The van der Waals surface area contributed by atoms with E-state index in [4.69, 9.17) is 0 Å². The summed E-state index contributed by atoms with van der Waals surface area (Å²) in [6.45, 7) is 4.08. The zero-order valence-corrected chi connectivity index (χ0v) is 14.9. The smallest absolute Gasteiger partial charge is 0.279 e. The molecule has 5 nitrogen and oxygen atoms in total. The standard InChI is InChI=1S/C19H19N3O2S/c1-12-7-8-15(13(2)9-12)20-11-18(23)21-22-19(24)17-10-14-5-3-4-6-16(14)25-17/h3-10,20H,11H2,1-2H3,(H,21,23)(H,22,24). The summed E-state index contributed by atoms with van der Waals surface area (Å²) in [4.78, 5) is 24.6. The summed E-state index contributed by atoms with van der Waals surface area (Å²) >= 11 is 1.39. The number of carbonyl (C=O) groups is 2. The lowest BCUT2D eigenvalue weighted by molar-refractivity contribution is -0.120. The molecule has 0 atom stereocenters. The number of amides is 2. The van der Waals surface area contributed by atoms with Crippen molar-refractivity contribution in [1.29, 1.82) is 0 Å². The van der Waals surface area contributed by atoms with Gasteiger partial charge in [-0.2, -0.15) is 0 Å². The minimum atomic E-state index is -0.318. The Morgan fingerprint density at radius 3 is 2.56 bits per heavy atom. The lowest BCUT2D eigenvalue weighted by Crippen LogP contribution is -2.43. The van der Waals surface area contributed by atoms with Gasteiger partial charge in [0, 0.05) is 10.4 Å². The quantitative estimate of drug-likeness (QED) is 0.630. The van der Waals surface area contributed by atoms with Gasteiger partial charge in [0.15, 0.2) is 0 Å². The highest BCUT2D eigenvalue weighted by atomic mass is 32.1. The van der Waals surface area contributed by atoms with Crippen molar-refractivity contribution >= 4 is 38.9 Å². The number of carbonyl (C=O) groups excluding carboxylic acids is 2. The maximum atomic E-state index is 12.1. The van der Waals surface area contributed by atoms with Crippen LogP contribution in [0, 0.1) is 13.8 Å². The fraction of sp³-hybridized carbons (Fsp3) is 0.158. The van der Waals surface area contributed by atoms with Gasteiger partial charge in [-0.1, -0.05) is 35.9 Å². The monoisotopic (exact) mass is 353 g/mol. The third-order valence-electron chi connectivity index (χ3n) is 3.79. The predicted octanol–water partition coefficient (Wildman–Crippen LogP) is 3.39. The van der Waals surface area contributed by atoms with E-state index in [1.54, 1.807) is 0 Å². The summed E-state index contributed by atoms with van der Waals surface area (Å²) in [5.41, 5.74) is 8.02. The van der Waals surface area contributed by atoms with E-state index in [-0.39, 0.29) is 18.4 Å². The van der Waals surface area contributed by atoms with Crippen molar-refractivity contribution < 1.29 is 9.59 Å². The lowest BCUT2D eigenvalue weighted by Gasteiger charge is -2.11. The molecule has 1 aromatic heterocycles. The van der Waals surface area contributed by atoms with Gasteiger partial charge in [-0.3, -0.25) is 20.4 Å². The first-order valence-electron chi connectivity index (χ1n) is 7.92. The van der Waals surface area contributed by atoms with Gasteiger partial charge < -0.3 is 5.32 Å². The topological polar surface area (TPSA) is 70.2 Å². The highest BCUT2D eigenvalue weighted by Crippen LogP contribution is 2.24. The molecular weight excluding hydrogens is 334 g/mol. The van der Waals surface area contributed by atoms with E-state index in [2.05, 4.69) is 16.2 Å². The van der Waals surface area contributed by atoms with Crippen LogP contribution in [0.5, 0.6) is 0 Å². The van der Waals surface area contributed by atoms with Crippen molar-refractivity contribution in [2.75, 3.05) is 11.9 Å². The van der Waals surface area contributed by atoms with Gasteiger partial charge in [-0.15, -0.1) is 11.3 Å². The van der Waals surface area contributed by atoms with Crippen molar-refractivity contribution in [2.45, 2.75) is 13.8 Å². The first-order chi connectivity index (χ1) is 12.0. The van der Waals surface area contributed by atoms with Crippen LogP contribution in [-0.2, 0) is 4.79 Å². The molecule has 3 N–H and O–H groups in total. The molecular formula is C19H19N3O2S. The van der Waals surface area contributed by atoms with E-state index < -0.39 is 0 Å². The number of fused-ring (bicyclic) bond motifs is 1. The molecule has 0 bridgehead atoms. The average Bonchev–Trinajstić information content (AvgIpc) is 3.03. The first-order valence-corrected chi connectivity index (χ1v) is 8.73. The van der Waals surface area contributed by atoms with Gasteiger partial charge in [0.05, 0.1) is 11.4 Å². The molecule has 2 aromatic carbocycles. The number of thiophene rings is 1. The molecule has 0 aliphatic carbocycles. The predicted molar refractivity (Wildman–Crippen MR) is 102 cm³/mol. The van der Waals surface area contributed by atoms with Gasteiger partial charge >= 0.3 is 0 Å². The molecule has 25 heavy (non-hydrogen) atoms. The Kier molecular flexibility index (Phi) is 5.00. The fourth-order valence-electron chi connectivity index (χ4n) is 2.51. The molecule has 3 aromatic rings. The van der Waals surface area contributed by atoms with E-state index in [0.717, 1.165) is 21.3 Å². The Balaban J connectivity index is 1.52. The van der Waals surface area contributed by atoms with Crippen LogP contribution < -0.4 is 16.2 Å². The van der Waals surface area contributed by atoms with Gasteiger partial charge in [0.2, 0.25) is 0 Å². The number of aryl methyl sites for hydroxylation is 2. The Bertz CT molecular complexity index is 900. The Morgan fingerprint density at radius 2 is 1.80 bits per heavy atom. The summed E-state index contributed by atoms with van der Waals surface area (Å²) in [6.07, 6.45) is 0. The molecule has 3 rings (SSSR count). The summed E-state index contributed by atoms with van der Waals surface area (Å²) in [7, 11) is 0. The maximum Gasteiger partial charge on any atom is 0.279 e. The van der Waals surface area contributed by atoms with Crippen LogP contribution in [0.1, 0.15) is 20.8 Å². The van der Waals surface area contributed by atoms with E-state index in [1.165, 1.54) is 16.9 Å². The maximum absolute atomic E-state index is 12.1. The Morgan fingerprint density at radius 1 is 1.00 bits per heavy atom. The Labute approximate surface area is 150 Å². The van der Waals surface area contributed by atoms with Gasteiger partial charge in [0.25, 0.3) is 11.8 Å². The molecule has 0 spiro atoms. The summed E-state index contributed by atoms with van der Waals surface area (Å²) in [5, 5.41) is 4.08. The molecule has 0 saturated carbocycles. The van der Waals surface area contributed by atoms with Crippen LogP contribution in [0.3, 0.4) is 0 Å². The van der Waals surface area contributed by atoms with Crippen LogP contribution in [0.4, 0.5) is 5.69 Å². The fourth-order valence-corrected chi connectivity index (χ4v) is 3.47. The molecule has 1 heterocycles. The molecule has 0 saturated heterocycles. The van der Waals surface area contributed by atoms with E-state index in [0.29, 0.717) is 4.88 Å². The molecule has 128 valence electrons. The molecule has 0 aliphatic heterocycles. The summed E-state index contributed by atoms with van der Waals surface area (Å²) in [6, 6.07) is 15.6. The summed E-state index contributed by atoms with van der Waals surface area (Å²) in [5.74, 6) is -0.629. The number of hydrazine groups is 1. The molecule has 0 aliphatic rings. The SMILES string of the molecule is Cc1ccc(NCC(=O)NNC(=O)c2cc3ccccc3s2)c(C)c1. The molecule has 2 amide bonds. The van der Waals surface area contributed by atoms with Crippen LogP contribution >= 0.6 is 11.3 Å². The highest BCUT2D eigenvalue weighted by molar-refractivity contribution is 7.20. The normalized spacial score (nSPS) is 10.5. The number of nitrogens with one attached hydrogen (secondary N) is 3. The van der Waals surface area contributed by atoms with Crippen LogP contribution in [0.25, 0.3) is 10.1 Å². The van der Waals surface area contributed by atoms with Gasteiger partial charge in [0.1, 0.15) is 0 Å². The second-order valence-electron chi connectivity index (χ2n) is 5.82. The largest absolute Gasteiger partial charge is 0.376 e. The average molecular weight is 353 g/mol. The van der Waals surface area contributed by atoms with E-state index >= 15 is 0 Å². The van der Waals surface area contributed by atoms with Crippen LogP contribution in [-0.4, -0.2) is 18.4 Å². The number of rotatable bonds is 4. The van der Waals surface area contributed by atoms with E-state index in [1.807, 2.05) is 62.4 Å². The molecule has 0 fully saturated rings. The lowest BCUT2D eigenvalue weighted by atomic mass is 10.1. The molecule has 6 heteroatoms. The number of anilines is 1. The minimum absolute atomic E-state index is 0.0800. The number of hydrogen-bond donors (Lipinski definition) is 3. The second kappa shape index (κ2) is 7.36. The van der Waals surface area contributed by atoms with Crippen LogP contribution in [0.15, 0.2) is 48.5 Å². The van der Waals surface area contributed by atoms with Crippen molar-refractivity contribution in [1.82, 2.24) is 10.9 Å². The van der Waals surface area contributed by atoms with Crippen molar-refractivity contribution in [3.8, 4) is 0 Å². The van der Waals surface area contributed by atoms with E-state index in [9.17, 15) is 9.59 Å². The van der Waals surface area contributed by atoms with Crippen molar-refractivity contribution in [3.63, 3.8) is 0 Å². The third kappa shape index (κ3) is 4.16. The highest BCUT2D eigenvalue weighted by Gasteiger charge is 2.11. The van der Waals surface area contributed by atoms with Crippen LogP contribution in [0.2, 0.25) is 0 Å². The van der Waals surface area contributed by atoms with Crippen molar-refractivity contribution in [2.24, 2.45) is 0 Å². The number of hydrogen-bond acceptors (Lipinski definition) is 4. The Hall–Kier alpha value is -2.86. The van der Waals surface area contributed by atoms with Gasteiger partial charge in [-0.05, 0) is 43.0 Å². The first kappa shape index (κ1) is 17.0. The number of benzene rings is 2. The molecule has 0 unspecified atom stereocenters. The second-order valence-corrected chi connectivity index (χ2v) is 6.91. The zero-order valence-electron chi connectivity index (χ0n) is 14.1. The van der Waals surface area contributed by atoms with Gasteiger partial charge in [-0.25, -0.2) is 0 Å².